The molecule has 138 valence electrons. The maximum absolute atomic E-state index is 12.1. The Balaban J connectivity index is 2.02. The van der Waals surface area contributed by atoms with Gasteiger partial charge in [-0.1, -0.05) is 0 Å². The van der Waals surface area contributed by atoms with E-state index in [0.717, 1.165) is 5.69 Å². The largest absolute Gasteiger partial charge is 0.462 e. The van der Waals surface area contributed by atoms with E-state index in [1.54, 1.807) is 11.8 Å². The molecule has 1 amide bonds. The summed E-state index contributed by atoms with van der Waals surface area (Å²) in [6.07, 6.45) is -0.282. The second-order valence-corrected chi connectivity index (χ2v) is 7.69. The van der Waals surface area contributed by atoms with Gasteiger partial charge in [0.05, 0.1) is 12.2 Å². The minimum Gasteiger partial charge on any atom is -0.462 e. The molecule has 0 N–H and O–H groups in total. The van der Waals surface area contributed by atoms with Crippen molar-refractivity contribution in [2.24, 2.45) is 0 Å². The second-order valence-electron chi connectivity index (χ2n) is 6.84. The molecule has 0 spiro atoms. The van der Waals surface area contributed by atoms with Gasteiger partial charge < -0.3 is 19.3 Å². The first-order valence-corrected chi connectivity index (χ1v) is 9.20. The summed E-state index contributed by atoms with van der Waals surface area (Å²) in [6.45, 7) is 10.2. The van der Waals surface area contributed by atoms with Crippen LogP contribution in [0.25, 0.3) is 0 Å². The van der Waals surface area contributed by atoms with Gasteiger partial charge in [-0.15, -0.1) is 0 Å². The lowest BCUT2D eigenvalue weighted by atomic mass is 10.1. The molecule has 1 aromatic carbocycles. The Labute approximate surface area is 157 Å². The molecule has 0 aromatic heterocycles. The highest BCUT2D eigenvalue weighted by atomic mass is 79.9. The molecule has 1 aliphatic rings. The van der Waals surface area contributed by atoms with E-state index in [9.17, 15) is 9.59 Å². The molecular weight excluding hydrogens is 388 g/mol. The van der Waals surface area contributed by atoms with Crippen LogP contribution in [-0.4, -0.2) is 55.3 Å². The molecule has 1 aliphatic heterocycles. The van der Waals surface area contributed by atoms with Crippen LogP contribution in [-0.2, 0) is 9.47 Å². The molecular formula is C18H25BrN2O4. The summed E-state index contributed by atoms with van der Waals surface area (Å²) in [5.74, 6) is -0.344. The second kappa shape index (κ2) is 8.08. The summed E-state index contributed by atoms with van der Waals surface area (Å²) >= 11 is 3.39. The van der Waals surface area contributed by atoms with Crippen LogP contribution in [0.1, 0.15) is 38.1 Å². The van der Waals surface area contributed by atoms with Crippen LogP contribution < -0.4 is 4.90 Å². The van der Waals surface area contributed by atoms with Gasteiger partial charge >= 0.3 is 12.1 Å². The summed E-state index contributed by atoms with van der Waals surface area (Å²) in [7, 11) is 0. The molecule has 25 heavy (non-hydrogen) atoms. The van der Waals surface area contributed by atoms with Crippen LogP contribution in [0.15, 0.2) is 22.7 Å². The molecule has 0 bridgehead atoms. The van der Waals surface area contributed by atoms with Gasteiger partial charge in [-0.05, 0) is 61.8 Å². The molecule has 2 rings (SSSR count). The highest BCUT2D eigenvalue weighted by Crippen LogP contribution is 2.25. The lowest BCUT2D eigenvalue weighted by Crippen LogP contribution is -2.50. The molecule has 0 saturated carbocycles. The number of piperazine rings is 1. The third-order valence-corrected chi connectivity index (χ3v) is 4.43. The summed E-state index contributed by atoms with van der Waals surface area (Å²) in [5, 5.41) is 0. The normalized spacial score (nSPS) is 15.1. The number of esters is 1. The first-order valence-electron chi connectivity index (χ1n) is 8.41. The third-order valence-electron chi connectivity index (χ3n) is 3.74. The molecule has 0 aliphatic carbocycles. The monoisotopic (exact) mass is 412 g/mol. The smallest absolute Gasteiger partial charge is 0.410 e. The molecule has 1 saturated heterocycles. The number of halogens is 1. The SMILES string of the molecule is CCOC(=O)c1cc(N2CCN(C(=O)OC(C)(C)C)CC2)ccc1Br. The Kier molecular flexibility index (Phi) is 6.32. The molecule has 0 radical (unpaired) electrons. The topological polar surface area (TPSA) is 59.1 Å². The van der Waals surface area contributed by atoms with Crippen LogP contribution in [0.4, 0.5) is 10.5 Å². The Morgan fingerprint density at radius 2 is 1.80 bits per heavy atom. The number of carbonyl (C=O) groups excluding carboxylic acids is 2. The Bertz CT molecular complexity index is 634. The molecule has 0 unspecified atom stereocenters. The van der Waals surface area contributed by atoms with E-state index in [4.69, 9.17) is 9.47 Å². The number of benzene rings is 1. The van der Waals surface area contributed by atoms with Crippen molar-refractivity contribution < 1.29 is 19.1 Å². The van der Waals surface area contributed by atoms with Crippen LogP contribution in [0.2, 0.25) is 0 Å². The van der Waals surface area contributed by atoms with E-state index >= 15 is 0 Å². The number of nitrogens with zero attached hydrogens (tertiary/aromatic N) is 2. The van der Waals surface area contributed by atoms with E-state index < -0.39 is 5.60 Å². The van der Waals surface area contributed by atoms with E-state index in [1.807, 2.05) is 39.0 Å². The number of hydrogen-bond acceptors (Lipinski definition) is 5. The van der Waals surface area contributed by atoms with Gasteiger partial charge in [-0.2, -0.15) is 0 Å². The molecule has 1 fully saturated rings. The van der Waals surface area contributed by atoms with Gasteiger partial charge in [-0.25, -0.2) is 9.59 Å². The van der Waals surface area contributed by atoms with Gasteiger partial charge in [0.2, 0.25) is 0 Å². The van der Waals surface area contributed by atoms with Crippen molar-refractivity contribution in [3.8, 4) is 0 Å². The van der Waals surface area contributed by atoms with Gasteiger partial charge in [0, 0.05) is 36.3 Å². The summed E-state index contributed by atoms with van der Waals surface area (Å²) < 4.78 is 11.2. The van der Waals surface area contributed by atoms with Crippen molar-refractivity contribution in [3.63, 3.8) is 0 Å². The standard InChI is InChI=1S/C18H25BrN2O4/c1-5-24-16(22)14-12-13(6-7-15(14)19)20-8-10-21(11-9-20)17(23)25-18(2,3)4/h6-7,12H,5,8-11H2,1-4H3. The highest BCUT2D eigenvalue weighted by Gasteiger charge is 2.26. The number of rotatable bonds is 3. The molecule has 1 heterocycles. The number of hydrogen-bond donors (Lipinski definition) is 0. The van der Waals surface area contributed by atoms with Crippen molar-refractivity contribution in [3.05, 3.63) is 28.2 Å². The lowest BCUT2D eigenvalue weighted by Gasteiger charge is -2.36. The predicted octanol–water partition coefficient (Wildman–Crippen LogP) is 3.68. The van der Waals surface area contributed by atoms with Crippen molar-refractivity contribution in [1.29, 1.82) is 0 Å². The zero-order chi connectivity index (χ0) is 18.6. The van der Waals surface area contributed by atoms with E-state index in [-0.39, 0.29) is 12.1 Å². The molecule has 1 aromatic rings. The van der Waals surface area contributed by atoms with Gasteiger partial charge in [0.15, 0.2) is 0 Å². The van der Waals surface area contributed by atoms with E-state index in [2.05, 4.69) is 20.8 Å². The fourth-order valence-electron chi connectivity index (χ4n) is 2.55. The van der Waals surface area contributed by atoms with E-state index in [0.29, 0.717) is 42.8 Å². The number of anilines is 1. The Morgan fingerprint density at radius 3 is 2.36 bits per heavy atom. The molecule has 7 heteroatoms. The van der Waals surface area contributed by atoms with Crippen LogP contribution >= 0.6 is 15.9 Å². The average Bonchev–Trinajstić information content (AvgIpc) is 2.54. The maximum atomic E-state index is 12.1. The fraction of sp³-hybridized carbons (Fsp3) is 0.556. The fourth-order valence-corrected chi connectivity index (χ4v) is 2.96. The zero-order valence-electron chi connectivity index (χ0n) is 15.2. The van der Waals surface area contributed by atoms with Crippen molar-refractivity contribution in [2.75, 3.05) is 37.7 Å². The predicted molar refractivity (Wildman–Crippen MR) is 100 cm³/mol. The highest BCUT2D eigenvalue weighted by molar-refractivity contribution is 9.10. The minimum atomic E-state index is -0.492. The number of carbonyl (C=O) groups is 2. The van der Waals surface area contributed by atoms with Crippen molar-refractivity contribution >= 4 is 33.7 Å². The van der Waals surface area contributed by atoms with Crippen LogP contribution in [0, 0.1) is 0 Å². The molecule has 6 nitrogen and oxygen atoms in total. The van der Waals surface area contributed by atoms with Gasteiger partial charge in [0.1, 0.15) is 5.60 Å². The van der Waals surface area contributed by atoms with Crippen LogP contribution in [0.3, 0.4) is 0 Å². The van der Waals surface area contributed by atoms with Crippen molar-refractivity contribution in [1.82, 2.24) is 4.90 Å². The zero-order valence-corrected chi connectivity index (χ0v) is 16.8. The lowest BCUT2D eigenvalue weighted by molar-refractivity contribution is 0.0240. The summed E-state index contributed by atoms with van der Waals surface area (Å²) in [4.78, 5) is 28.0. The third kappa shape index (κ3) is 5.36. The number of ether oxygens (including phenoxy) is 2. The minimum absolute atomic E-state index is 0.282. The average molecular weight is 413 g/mol. The Morgan fingerprint density at radius 1 is 1.16 bits per heavy atom. The Hall–Kier alpha value is -1.76. The summed E-state index contributed by atoms with van der Waals surface area (Å²) in [5.41, 5.74) is 0.957. The first kappa shape index (κ1) is 19.6. The quantitative estimate of drug-likeness (QED) is 0.708. The van der Waals surface area contributed by atoms with Gasteiger partial charge in [0.25, 0.3) is 0 Å². The van der Waals surface area contributed by atoms with Crippen molar-refractivity contribution in [2.45, 2.75) is 33.3 Å². The van der Waals surface area contributed by atoms with Crippen LogP contribution in [0.5, 0.6) is 0 Å². The van der Waals surface area contributed by atoms with E-state index in [1.165, 1.54) is 0 Å². The van der Waals surface area contributed by atoms with Gasteiger partial charge in [-0.3, -0.25) is 0 Å². The first-order chi connectivity index (χ1) is 11.7. The summed E-state index contributed by atoms with van der Waals surface area (Å²) in [6, 6.07) is 5.63. The number of amides is 1. The maximum Gasteiger partial charge on any atom is 0.410 e. The molecule has 0 atom stereocenters.